The summed E-state index contributed by atoms with van der Waals surface area (Å²) < 4.78 is 26.0. The van der Waals surface area contributed by atoms with Crippen LogP contribution in [0.1, 0.15) is 35.8 Å². The van der Waals surface area contributed by atoms with Gasteiger partial charge in [-0.05, 0) is 17.5 Å². The van der Waals surface area contributed by atoms with Crippen LogP contribution >= 0.6 is 11.6 Å². The molecule has 0 aliphatic rings. The van der Waals surface area contributed by atoms with Crippen molar-refractivity contribution in [2.24, 2.45) is 5.14 Å². The van der Waals surface area contributed by atoms with E-state index in [9.17, 15) is 13.2 Å². The predicted octanol–water partition coefficient (Wildman–Crippen LogP) is 4.08. The maximum Gasteiger partial charge on any atom is 0.239 e. The van der Waals surface area contributed by atoms with E-state index in [1.165, 1.54) is 18.9 Å². The number of nitrogens with zero attached hydrogens (tertiary/aromatic N) is 2. The van der Waals surface area contributed by atoms with Crippen molar-refractivity contribution < 1.29 is 13.2 Å². The number of halogens is 1. The zero-order valence-electron chi connectivity index (χ0n) is 16.2. The molecule has 0 unspecified atom stereocenters. The lowest BCUT2D eigenvalue weighted by Crippen LogP contribution is -2.17. The Balaban J connectivity index is 0.000000537. The molecule has 0 aliphatic carbocycles. The number of nitrogens with two attached hydrogens (primary N) is 1. The zero-order valence-corrected chi connectivity index (χ0v) is 17.7. The molecule has 0 bridgehead atoms. The highest BCUT2D eigenvalue weighted by Crippen LogP contribution is 2.30. The number of aldehydes is 1. The summed E-state index contributed by atoms with van der Waals surface area (Å²) in [4.78, 5) is 15.0. The Morgan fingerprint density at radius 1 is 1.14 bits per heavy atom. The molecule has 1 heterocycles. The van der Waals surface area contributed by atoms with E-state index in [0.717, 1.165) is 17.9 Å². The van der Waals surface area contributed by atoms with Crippen molar-refractivity contribution in [1.82, 2.24) is 9.55 Å². The lowest BCUT2D eigenvalue weighted by Gasteiger charge is -2.14. The Kier molecular flexibility index (Phi) is 8.57. The summed E-state index contributed by atoms with van der Waals surface area (Å²) in [7, 11) is -3.96. The first kappa shape index (κ1) is 22.8. The smallest absolute Gasteiger partial charge is 0.239 e. The number of sulfonamides is 1. The highest BCUT2D eigenvalue weighted by atomic mass is 35.5. The molecule has 0 saturated heterocycles. The number of hydrogen-bond donors (Lipinski definition) is 1. The minimum atomic E-state index is -3.96. The minimum Gasteiger partial charge on any atom is -0.324 e. The third-order valence-electron chi connectivity index (χ3n) is 4.16. The molecule has 2 N–H and O–H groups in total. The molecule has 8 heteroatoms. The summed E-state index contributed by atoms with van der Waals surface area (Å²) in [5.41, 5.74) is 2.15. The topological polar surface area (TPSA) is 95.1 Å². The van der Waals surface area contributed by atoms with Gasteiger partial charge in [0, 0.05) is 11.4 Å². The fourth-order valence-electron chi connectivity index (χ4n) is 2.77. The summed E-state index contributed by atoms with van der Waals surface area (Å²) in [6.45, 7) is 2.31. The van der Waals surface area contributed by atoms with E-state index in [2.05, 4.69) is 11.9 Å². The van der Waals surface area contributed by atoms with Gasteiger partial charge in [-0.1, -0.05) is 61.9 Å². The van der Waals surface area contributed by atoms with Crippen molar-refractivity contribution in [2.45, 2.75) is 31.2 Å². The van der Waals surface area contributed by atoms with Gasteiger partial charge in [-0.25, -0.2) is 18.5 Å². The SMILES string of the molecule is CCCCCl.NS(=O)(=O)c1c(Cn2cncc2C=O)cccc1-c1ccccc1. The van der Waals surface area contributed by atoms with Gasteiger partial charge in [0.1, 0.15) is 5.69 Å². The number of carbonyl (C=O) groups excluding carboxylic acids is 1. The van der Waals surface area contributed by atoms with Crippen LogP contribution in [-0.2, 0) is 16.6 Å². The van der Waals surface area contributed by atoms with Crippen LogP contribution in [0.4, 0.5) is 0 Å². The number of unbranched alkanes of at least 4 members (excludes halogenated alkanes) is 1. The average Bonchev–Trinajstić information content (AvgIpc) is 3.16. The molecule has 154 valence electrons. The van der Waals surface area contributed by atoms with Crippen LogP contribution < -0.4 is 5.14 Å². The van der Waals surface area contributed by atoms with Crippen LogP contribution in [0.25, 0.3) is 11.1 Å². The molecule has 0 atom stereocenters. The number of aromatic nitrogens is 2. The summed E-state index contributed by atoms with van der Waals surface area (Å²) in [5.74, 6) is 0.816. The Bertz CT molecular complexity index is 1030. The second-order valence-corrected chi connectivity index (χ2v) is 8.19. The standard InChI is InChI=1S/C17H15N3O3S.C4H9Cl/c18-24(22,23)17-14(10-20-12-19-9-15(20)11-21)7-4-8-16(17)13-5-2-1-3-6-13;1-2-3-4-5/h1-9,11-12H,10H2,(H2,18,22,23);2-4H2,1H3. The van der Waals surface area contributed by atoms with E-state index in [4.69, 9.17) is 16.7 Å². The van der Waals surface area contributed by atoms with Gasteiger partial charge in [0.2, 0.25) is 10.0 Å². The number of rotatable bonds is 7. The zero-order chi connectivity index (χ0) is 21.3. The van der Waals surface area contributed by atoms with E-state index in [1.54, 1.807) is 22.8 Å². The van der Waals surface area contributed by atoms with Gasteiger partial charge >= 0.3 is 0 Å². The Morgan fingerprint density at radius 3 is 2.41 bits per heavy atom. The monoisotopic (exact) mass is 433 g/mol. The molecule has 2 aromatic carbocycles. The molecule has 0 spiro atoms. The summed E-state index contributed by atoms with van der Waals surface area (Å²) >= 11 is 5.30. The Morgan fingerprint density at radius 2 is 1.86 bits per heavy atom. The number of primary sulfonamides is 1. The fraction of sp³-hybridized carbons (Fsp3) is 0.238. The molecule has 6 nitrogen and oxygen atoms in total. The van der Waals surface area contributed by atoms with Crippen LogP contribution in [-0.4, -0.2) is 30.1 Å². The van der Waals surface area contributed by atoms with E-state index in [0.29, 0.717) is 23.1 Å². The normalized spacial score (nSPS) is 10.9. The molecule has 0 radical (unpaired) electrons. The first-order valence-electron chi connectivity index (χ1n) is 9.13. The quantitative estimate of drug-likeness (QED) is 0.448. The van der Waals surface area contributed by atoms with Gasteiger partial charge in [0.15, 0.2) is 6.29 Å². The molecule has 0 amide bonds. The molecular formula is C21H24ClN3O3S. The number of benzene rings is 2. The van der Waals surface area contributed by atoms with E-state index in [-0.39, 0.29) is 11.4 Å². The second kappa shape index (κ2) is 10.9. The van der Waals surface area contributed by atoms with Crippen molar-refractivity contribution in [3.63, 3.8) is 0 Å². The van der Waals surface area contributed by atoms with Crippen molar-refractivity contribution in [2.75, 3.05) is 5.88 Å². The fourth-order valence-corrected chi connectivity index (χ4v) is 4.03. The van der Waals surface area contributed by atoms with Crippen LogP contribution in [0.15, 0.2) is 66.0 Å². The highest BCUT2D eigenvalue weighted by molar-refractivity contribution is 7.89. The molecular weight excluding hydrogens is 410 g/mol. The minimum absolute atomic E-state index is 0.0572. The first-order valence-corrected chi connectivity index (χ1v) is 11.2. The van der Waals surface area contributed by atoms with Crippen molar-refractivity contribution >= 4 is 27.9 Å². The van der Waals surface area contributed by atoms with E-state index >= 15 is 0 Å². The van der Waals surface area contributed by atoms with Gasteiger partial charge in [0.05, 0.1) is 24.0 Å². The molecule has 29 heavy (non-hydrogen) atoms. The van der Waals surface area contributed by atoms with Crippen molar-refractivity contribution in [1.29, 1.82) is 0 Å². The van der Waals surface area contributed by atoms with Gasteiger partial charge in [-0.15, -0.1) is 11.6 Å². The lowest BCUT2D eigenvalue weighted by atomic mass is 10.0. The van der Waals surface area contributed by atoms with Gasteiger partial charge in [-0.3, -0.25) is 4.79 Å². The van der Waals surface area contributed by atoms with Gasteiger partial charge in [-0.2, -0.15) is 0 Å². The van der Waals surface area contributed by atoms with Gasteiger partial charge in [0.25, 0.3) is 0 Å². The predicted molar refractivity (Wildman–Crippen MR) is 116 cm³/mol. The number of alkyl halides is 1. The average molecular weight is 434 g/mol. The third kappa shape index (κ3) is 6.25. The van der Waals surface area contributed by atoms with E-state index in [1.807, 2.05) is 30.3 Å². The largest absolute Gasteiger partial charge is 0.324 e. The first-order chi connectivity index (χ1) is 13.9. The molecule has 0 fully saturated rings. The van der Waals surface area contributed by atoms with Gasteiger partial charge < -0.3 is 4.57 Å². The summed E-state index contributed by atoms with van der Waals surface area (Å²) in [6.07, 6.45) is 5.94. The van der Waals surface area contributed by atoms with Crippen LogP contribution in [0.5, 0.6) is 0 Å². The second-order valence-electron chi connectivity index (χ2n) is 6.31. The molecule has 0 saturated carbocycles. The van der Waals surface area contributed by atoms with Crippen molar-refractivity contribution in [3.05, 3.63) is 72.3 Å². The molecule has 3 aromatic rings. The molecule has 1 aromatic heterocycles. The number of carbonyl (C=O) groups is 1. The Hall–Kier alpha value is -2.48. The van der Waals surface area contributed by atoms with Crippen LogP contribution in [0, 0.1) is 0 Å². The third-order valence-corrected chi connectivity index (χ3v) is 5.48. The number of imidazole rings is 1. The van der Waals surface area contributed by atoms with Crippen molar-refractivity contribution in [3.8, 4) is 11.1 Å². The van der Waals surface area contributed by atoms with Crippen LogP contribution in [0.3, 0.4) is 0 Å². The molecule has 3 rings (SSSR count). The maximum absolute atomic E-state index is 12.2. The summed E-state index contributed by atoms with van der Waals surface area (Å²) in [5, 5.41) is 5.47. The molecule has 0 aliphatic heterocycles. The Labute approximate surface area is 176 Å². The summed E-state index contributed by atoms with van der Waals surface area (Å²) in [6, 6.07) is 14.3. The highest BCUT2D eigenvalue weighted by Gasteiger charge is 2.20. The van der Waals surface area contributed by atoms with Crippen LogP contribution in [0.2, 0.25) is 0 Å². The van der Waals surface area contributed by atoms with E-state index < -0.39 is 10.0 Å². The maximum atomic E-state index is 12.2. The lowest BCUT2D eigenvalue weighted by molar-refractivity contribution is 0.111. The number of hydrogen-bond acceptors (Lipinski definition) is 4.